The van der Waals surface area contributed by atoms with Gasteiger partial charge in [0.05, 0.1) is 17.2 Å². The van der Waals surface area contributed by atoms with Gasteiger partial charge in [0.1, 0.15) is 0 Å². The fourth-order valence-corrected chi connectivity index (χ4v) is 4.91. The molecule has 1 aromatic heterocycles. The van der Waals surface area contributed by atoms with Crippen molar-refractivity contribution in [3.8, 4) is 0 Å². The van der Waals surface area contributed by atoms with Crippen LogP contribution in [0.3, 0.4) is 0 Å². The van der Waals surface area contributed by atoms with Crippen molar-refractivity contribution in [2.75, 3.05) is 18.1 Å². The van der Waals surface area contributed by atoms with Crippen LogP contribution in [0.5, 0.6) is 0 Å². The van der Waals surface area contributed by atoms with E-state index in [4.69, 9.17) is 0 Å². The van der Waals surface area contributed by atoms with E-state index in [2.05, 4.69) is 10.3 Å². The minimum absolute atomic E-state index is 0.0322. The van der Waals surface area contributed by atoms with E-state index in [-0.39, 0.29) is 24.0 Å². The minimum Gasteiger partial charge on any atom is -0.324 e. The van der Waals surface area contributed by atoms with Gasteiger partial charge in [0.25, 0.3) is 0 Å². The molecular formula is C12H16F3N3O2S. The third-order valence-electron chi connectivity index (χ3n) is 4.01. The highest BCUT2D eigenvalue weighted by Gasteiger charge is 2.40. The molecular weight excluding hydrogens is 307 g/mol. The second-order valence-electron chi connectivity index (χ2n) is 5.63. The van der Waals surface area contributed by atoms with E-state index >= 15 is 0 Å². The molecule has 0 saturated carbocycles. The quantitative estimate of drug-likeness (QED) is 0.881. The Bertz CT molecular complexity index is 651. The predicted octanol–water partition coefficient (Wildman–Crippen LogP) is 0.982. The van der Waals surface area contributed by atoms with Gasteiger partial charge in [0.15, 0.2) is 9.84 Å². The van der Waals surface area contributed by atoms with Gasteiger partial charge in [0, 0.05) is 31.7 Å². The van der Waals surface area contributed by atoms with Crippen LogP contribution < -0.4 is 5.32 Å². The van der Waals surface area contributed by atoms with Gasteiger partial charge in [0.2, 0.25) is 5.82 Å². The van der Waals surface area contributed by atoms with Crippen molar-refractivity contribution in [1.82, 2.24) is 14.9 Å². The summed E-state index contributed by atoms with van der Waals surface area (Å²) in [5, 5.41) is 3.00. The van der Waals surface area contributed by atoms with Crippen molar-refractivity contribution in [1.29, 1.82) is 0 Å². The van der Waals surface area contributed by atoms with Crippen LogP contribution in [0.4, 0.5) is 13.2 Å². The van der Waals surface area contributed by atoms with Gasteiger partial charge in [-0.25, -0.2) is 13.4 Å². The molecule has 118 valence electrons. The Morgan fingerprint density at radius 2 is 2.14 bits per heavy atom. The molecule has 0 amide bonds. The predicted molar refractivity (Wildman–Crippen MR) is 69.4 cm³/mol. The maximum Gasteiger partial charge on any atom is 0.449 e. The van der Waals surface area contributed by atoms with Crippen molar-refractivity contribution < 1.29 is 21.6 Å². The summed E-state index contributed by atoms with van der Waals surface area (Å²) < 4.78 is 63.6. The molecule has 3 rings (SSSR count). The van der Waals surface area contributed by atoms with Crippen LogP contribution in [0.1, 0.15) is 23.6 Å². The highest BCUT2D eigenvalue weighted by atomic mass is 32.2. The first-order valence-corrected chi connectivity index (χ1v) is 8.65. The Hall–Kier alpha value is -1.09. The molecule has 2 aliphatic rings. The van der Waals surface area contributed by atoms with E-state index in [9.17, 15) is 21.6 Å². The second-order valence-corrected chi connectivity index (χ2v) is 7.86. The molecule has 1 fully saturated rings. The summed E-state index contributed by atoms with van der Waals surface area (Å²) in [6.07, 6.45) is -3.61. The van der Waals surface area contributed by atoms with E-state index in [0.29, 0.717) is 37.3 Å². The van der Waals surface area contributed by atoms with Crippen LogP contribution in [-0.2, 0) is 35.5 Å². The summed E-state index contributed by atoms with van der Waals surface area (Å²) in [4.78, 5) is 3.73. The zero-order valence-electron chi connectivity index (χ0n) is 11.3. The SMILES string of the molecule is O=S1(=O)CCC(Cn2c(C(F)(F)F)nc3c2CCNC3)C1. The number of nitrogens with zero attached hydrogens (tertiary/aromatic N) is 2. The lowest BCUT2D eigenvalue weighted by Crippen LogP contribution is -2.26. The van der Waals surface area contributed by atoms with Gasteiger partial charge in [-0.3, -0.25) is 0 Å². The van der Waals surface area contributed by atoms with Gasteiger partial charge in [-0.15, -0.1) is 0 Å². The summed E-state index contributed by atoms with van der Waals surface area (Å²) in [6.45, 7) is 1.02. The van der Waals surface area contributed by atoms with E-state index in [1.54, 1.807) is 0 Å². The Labute approximate surface area is 120 Å². The Balaban J connectivity index is 1.94. The number of aromatic nitrogens is 2. The minimum atomic E-state index is -4.52. The summed E-state index contributed by atoms with van der Waals surface area (Å²) >= 11 is 0. The van der Waals surface area contributed by atoms with Crippen LogP contribution in [0.15, 0.2) is 0 Å². The highest BCUT2D eigenvalue weighted by Crippen LogP contribution is 2.33. The van der Waals surface area contributed by atoms with Crippen LogP contribution >= 0.6 is 0 Å². The van der Waals surface area contributed by atoms with E-state index < -0.39 is 21.8 Å². The van der Waals surface area contributed by atoms with E-state index in [1.807, 2.05) is 0 Å². The van der Waals surface area contributed by atoms with Gasteiger partial charge in [-0.1, -0.05) is 0 Å². The smallest absolute Gasteiger partial charge is 0.324 e. The van der Waals surface area contributed by atoms with Crippen LogP contribution in [0.2, 0.25) is 0 Å². The average molecular weight is 323 g/mol. The van der Waals surface area contributed by atoms with Crippen molar-refractivity contribution >= 4 is 9.84 Å². The molecule has 0 spiro atoms. The highest BCUT2D eigenvalue weighted by molar-refractivity contribution is 7.91. The van der Waals surface area contributed by atoms with Gasteiger partial charge >= 0.3 is 6.18 Å². The maximum absolute atomic E-state index is 13.1. The van der Waals surface area contributed by atoms with Crippen molar-refractivity contribution in [2.24, 2.45) is 5.92 Å². The number of nitrogens with one attached hydrogen (secondary N) is 1. The summed E-state index contributed by atoms with van der Waals surface area (Å²) in [6, 6.07) is 0. The Kier molecular flexibility index (Phi) is 3.52. The number of sulfone groups is 1. The molecule has 0 radical (unpaired) electrons. The molecule has 21 heavy (non-hydrogen) atoms. The first kappa shape index (κ1) is 14.8. The van der Waals surface area contributed by atoms with E-state index in [0.717, 1.165) is 0 Å². The molecule has 0 bridgehead atoms. The van der Waals surface area contributed by atoms with Crippen LogP contribution in [-0.4, -0.2) is 36.0 Å². The van der Waals surface area contributed by atoms with Gasteiger partial charge in [-0.2, -0.15) is 13.2 Å². The molecule has 3 heterocycles. The second kappa shape index (κ2) is 4.98. The monoisotopic (exact) mass is 323 g/mol. The lowest BCUT2D eigenvalue weighted by molar-refractivity contribution is -0.147. The molecule has 0 aromatic carbocycles. The number of hydrogen-bond acceptors (Lipinski definition) is 4. The Morgan fingerprint density at radius 3 is 2.76 bits per heavy atom. The van der Waals surface area contributed by atoms with Crippen molar-refractivity contribution in [3.05, 3.63) is 17.2 Å². The number of halogens is 3. The fourth-order valence-electron chi connectivity index (χ4n) is 3.06. The lowest BCUT2D eigenvalue weighted by Gasteiger charge is -2.19. The molecule has 1 atom stereocenters. The molecule has 9 heteroatoms. The number of imidazole rings is 1. The van der Waals surface area contributed by atoms with Gasteiger partial charge in [-0.05, 0) is 12.3 Å². The van der Waals surface area contributed by atoms with Crippen molar-refractivity contribution in [2.45, 2.75) is 32.1 Å². The third kappa shape index (κ3) is 2.94. The first-order valence-electron chi connectivity index (χ1n) is 6.83. The van der Waals surface area contributed by atoms with Crippen molar-refractivity contribution in [3.63, 3.8) is 0 Å². The fraction of sp³-hybridized carbons (Fsp3) is 0.750. The molecule has 5 nitrogen and oxygen atoms in total. The van der Waals surface area contributed by atoms with E-state index in [1.165, 1.54) is 4.57 Å². The average Bonchev–Trinajstić information content (AvgIpc) is 2.91. The topological polar surface area (TPSA) is 64.0 Å². The molecule has 2 aliphatic heterocycles. The zero-order valence-corrected chi connectivity index (χ0v) is 12.1. The van der Waals surface area contributed by atoms with Crippen LogP contribution in [0, 0.1) is 5.92 Å². The summed E-state index contributed by atoms with van der Waals surface area (Å²) in [5.74, 6) is -1.13. The maximum atomic E-state index is 13.1. The van der Waals surface area contributed by atoms with Crippen LogP contribution in [0.25, 0.3) is 0 Å². The third-order valence-corrected chi connectivity index (χ3v) is 5.84. The molecule has 1 aromatic rings. The zero-order chi connectivity index (χ0) is 15.3. The number of fused-ring (bicyclic) bond motifs is 1. The summed E-state index contributed by atoms with van der Waals surface area (Å²) in [5.41, 5.74) is 1.01. The number of rotatable bonds is 2. The Morgan fingerprint density at radius 1 is 1.38 bits per heavy atom. The standard InChI is InChI=1S/C12H16F3N3O2S/c13-12(14,15)11-17-9-5-16-3-1-10(9)18(11)6-8-2-4-21(19,20)7-8/h8,16H,1-7H2. The summed E-state index contributed by atoms with van der Waals surface area (Å²) in [7, 11) is -3.10. The number of hydrogen-bond donors (Lipinski definition) is 1. The largest absolute Gasteiger partial charge is 0.449 e. The molecule has 1 saturated heterocycles. The molecule has 1 unspecified atom stereocenters. The number of alkyl halides is 3. The van der Waals surface area contributed by atoms with Gasteiger partial charge < -0.3 is 9.88 Å². The first-order chi connectivity index (χ1) is 9.76. The normalized spacial score (nSPS) is 25.0. The molecule has 0 aliphatic carbocycles. The lowest BCUT2D eigenvalue weighted by atomic mass is 10.1. The molecule has 1 N–H and O–H groups in total.